The van der Waals surface area contributed by atoms with E-state index in [1.54, 1.807) is 6.33 Å². The van der Waals surface area contributed by atoms with Gasteiger partial charge in [0.1, 0.15) is 12.2 Å². The van der Waals surface area contributed by atoms with Gasteiger partial charge in [-0.25, -0.2) is 0 Å². The van der Waals surface area contributed by atoms with Crippen molar-refractivity contribution in [3.63, 3.8) is 0 Å². The van der Waals surface area contributed by atoms with Gasteiger partial charge in [0, 0.05) is 13.6 Å². The molecule has 4 heteroatoms. The van der Waals surface area contributed by atoms with Crippen LogP contribution in [0.1, 0.15) is 11.4 Å². The molecule has 0 aliphatic rings. The van der Waals surface area contributed by atoms with Crippen molar-refractivity contribution in [1.82, 2.24) is 20.1 Å². The van der Waals surface area contributed by atoms with Crippen molar-refractivity contribution < 1.29 is 0 Å². The van der Waals surface area contributed by atoms with E-state index in [-0.39, 0.29) is 0 Å². The van der Waals surface area contributed by atoms with E-state index in [0.29, 0.717) is 6.54 Å². The van der Waals surface area contributed by atoms with E-state index in [1.165, 1.54) is 16.7 Å². The van der Waals surface area contributed by atoms with Crippen LogP contribution < -0.4 is 5.32 Å². The fraction of sp³-hybridized carbons (Fsp3) is 0.176. The minimum Gasteiger partial charge on any atom is -0.320 e. The molecule has 0 aliphatic carbocycles. The van der Waals surface area contributed by atoms with Crippen LogP contribution in [0.2, 0.25) is 0 Å². The third kappa shape index (κ3) is 3.35. The zero-order chi connectivity index (χ0) is 14.5. The second kappa shape index (κ2) is 6.33. The number of hydrogen-bond donors (Lipinski definition) is 1. The van der Waals surface area contributed by atoms with Gasteiger partial charge in [-0.15, -0.1) is 10.2 Å². The summed E-state index contributed by atoms with van der Waals surface area (Å²) < 4.78 is 1.92. The summed E-state index contributed by atoms with van der Waals surface area (Å²) in [5.74, 6) is 0.939. The van der Waals surface area contributed by atoms with Crippen molar-refractivity contribution in [2.75, 3.05) is 0 Å². The van der Waals surface area contributed by atoms with Crippen molar-refractivity contribution in [2.24, 2.45) is 7.05 Å². The van der Waals surface area contributed by atoms with Gasteiger partial charge in [0.15, 0.2) is 0 Å². The molecule has 0 spiro atoms. The minimum absolute atomic E-state index is 0.714. The number of aromatic nitrogens is 3. The average Bonchev–Trinajstić information content (AvgIpc) is 2.94. The zero-order valence-corrected chi connectivity index (χ0v) is 12.0. The smallest absolute Gasteiger partial charge is 0.146 e. The number of aryl methyl sites for hydroxylation is 1. The van der Waals surface area contributed by atoms with Gasteiger partial charge in [-0.3, -0.25) is 0 Å². The fourth-order valence-electron chi connectivity index (χ4n) is 2.28. The van der Waals surface area contributed by atoms with Crippen LogP contribution in [-0.4, -0.2) is 14.8 Å². The lowest BCUT2D eigenvalue weighted by molar-refractivity contribution is 0.637. The first-order valence-corrected chi connectivity index (χ1v) is 7.01. The molecule has 0 unspecified atom stereocenters. The molecule has 0 fully saturated rings. The molecule has 1 aromatic heterocycles. The van der Waals surface area contributed by atoms with Crippen LogP contribution in [0.15, 0.2) is 60.9 Å². The summed E-state index contributed by atoms with van der Waals surface area (Å²) in [5.41, 5.74) is 3.75. The molecule has 0 aliphatic heterocycles. The molecule has 1 heterocycles. The summed E-state index contributed by atoms with van der Waals surface area (Å²) in [6.07, 6.45) is 1.72. The maximum absolute atomic E-state index is 4.06. The fourth-order valence-corrected chi connectivity index (χ4v) is 2.28. The number of rotatable bonds is 5. The molecule has 0 saturated heterocycles. The van der Waals surface area contributed by atoms with Crippen LogP contribution >= 0.6 is 0 Å². The molecule has 0 bridgehead atoms. The Bertz CT molecular complexity index is 704. The number of nitrogens with zero attached hydrogens (tertiary/aromatic N) is 3. The van der Waals surface area contributed by atoms with Crippen molar-refractivity contribution in [2.45, 2.75) is 13.1 Å². The maximum Gasteiger partial charge on any atom is 0.146 e. The molecule has 0 saturated carbocycles. The first-order valence-electron chi connectivity index (χ1n) is 7.01. The van der Waals surface area contributed by atoms with Crippen LogP contribution in [0.3, 0.4) is 0 Å². The number of benzene rings is 2. The van der Waals surface area contributed by atoms with Crippen LogP contribution in [0, 0.1) is 0 Å². The summed E-state index contributed by atoms with van der Waals surface area (Å²) in [5, 5.41) is 11.3. The Morgan fingerprint density at radius 3 is 2.52 bits per heavy atom. The molecule has 106 valence electrons. The summed E-state index contributed by atoms with van der Waals surface area (Å²) in [7, 11) is 1.95. The van der Waals surface area contributed by atoms with Gasteiger partial charge in [0.25, 0.3) is 0 Å². The van der Waals surface area contributed by atoms with E-state index >= 15 is 0 Å². The maximum atomic E-state index is 4.06. The first-order chi connectivity index (χ1) is 10.3. The summed E-state index contributed by atoms with van der Waals surface area (Å²) in [6.45, 7) is 1.53. The van der Waals surface area contributed by atoms with Crippen molar-refractivity contribution in [3.8, 4) is 11.1 Å². The van der Waals surface area contributed by atoms with E-state index in [9.17, 15) is 0 Å². The minimum atomic E-state index is 0.714. The highest BCUT2D eigenvalue weighted by Gasteiger charge is 2.01. The molecule has 0 radical (unpaired) electrons. The topological polar surface area (TPSA) is 42.7 Å². The molecule has 0 amide bonds. The van der Waals surface area contributed by atoms with Gasteiger partial charge in [0.2, 0.25) is 0 Å². The molecular weight excluding hydrogens is 260 g/mol. The molecule has 2 aromatic carbocycles. The highest BCUT2D eigenvalue weighted by Crippen LogP contribution is 2.19. The molecule has 3 rings (SSSR count). The van der Waals surface area contributed by atoms with Gasteiger partial charge in [0.05, 0.1) is 6.54 Å². The Balaban J connectivity index is 1.65. The third-order valence-electron chi connectivity index (χ3n) is 3.45. The van der Waals surface area contributed by atoms with E-state index < -0.39 is 0 Å². The van der Waals surface area contributed by atoms with Crippen molar-refractivity contribution >= 4 is 0 Å². The Labute approximate surface area is 124 Å². The van der Waals surface area contributed by atoms with Crippen LogP contribution in [0.25, 0.3) is 11.1 Å². The summed E-state index contributed by atoms with van der Waals surface area (Å²) >= 11 is 0. The molecule has 1 N–H and O–H groups in total. The number of hydrogen-bond acceptors (Lipinski definition) is 3. The van der Waals surface area contributed by atoms with Gasteiger partial charge in [-0.1, -0.05) is 48.5 Å². The SMILES string of the molecule is Cn1cnnc1CNCc1cccc(-c2ccccc2)c1. The second-order valence-electron chi connectivity index (χ2n) is 5.03. The predicted molar refractivity (Wildman–Crippen MR) is 83.4 cm³/mol. The summed E-state index contributed by atoms with van der Waals surface area (Å²) in [4.78, 5) is 0. The average molecular weight is 278 g/mol. The Hall–Kier alpha value is -2.46. The lowest BCUT2D eigenvalue weighted by Crippen LogP contribution is -2.15. The second-order valence-corrected chi connectivity index (χ2v) is 5.03. The molecule has 21 heavy (non-hydrogen) atoms. The Kier molecular flexibility index (Phi) is 4.07. The van der Waals surface area contributed by atoms with E-state index in [4.69, 9.17) is 0 Å². The van der Waals surface area contributed by atoms with Gasteiger partial charge >= 0.3 is 0 Å². The number of nitrogens with one attached hydrogen (secondary N) is 1. The van der Waals surface area contributed by atoms with E-state index in [2.05, 4.69) is 64.0 Å². The monoisotopic (exact) mass is 278 g/mol. The highest BCUT2D eigenvalue weighted by atomic mass is 15.3. The summed E-state index contributed by atoms with van der Waals surface area (Å²) in [6, 6.07) is 19.0. The largest absolute Gasteiger partial charge is 0.320 e. The zero-order valence-electron chi connectivity index (χ0n) is 12.0. The van der Waals surface area contributed by atoms with E-state index in [0.717, 1.165) is 12.4 Å². The Morgan fingerprint density at radius 2 is 1.76 bits per heavy atom. The van der Waals surface area contributed by atoms with Gasteiger partial charge in [-0.2, -0.15) is 0 Å². The molecule has 0 atom stereocenters. The van der Waals surface area contributed by atoms with Crippen molar-refractivity contribution in [1.29, 1.82) is 0 Å². The third-order valence-corrected chi connectivity index (χ3v) is 3.45. The normalized spacial score (nSPS) is 10.7. The lowest BCUT2D eigenvalue weighted by atomic mass is 10.0. The van der Waals surface area contributed by atoms with Gasteiger partial charge in [-0.05, 0) is 22.8 Å². The molecular formula is C17H18N4. The van der Waals surface area contributed by atoms with E-state index in [1.807, 2.05) is 17.7 Å². The van der Waals surface area contributed by atoms with Crippen molar-refractivity contribution in [3.05, 3.63) is 72.3 Å². The van der Waals surface area contributed by atoms with Crippen LogP contribution in [0.5, 0.6) is 0 Å². The lowest BCUT2D eigenvalue weighted by Gasteiger charge is -2.07. The molecule has 3 aromatic rings. The van der Waals surface area contributed by atoms with Gasteiger partial charge < -0.3 is 9.88 Å². The predicted octanol–water partition coefficient (Wildman–Crippen LogP) is 2.77. The molecule has 4 nitrogen and oxygen atoms in total. The quantitative estimate of drug-likeness (QED) is 0.780. The van der Waals surface area contributed by atoms with Crippen LogP contribution in [-0.2, 0) is 20.1 Å². The Morgan fingerprint density at radius 1 is 0.952 bits per heavy atom. The standard InChI is InChI=1S/C17H18N4/c1-21-13-19-20-17(21)12-18-11-14-6-5-9-16(10-14)15-7-3-2-4-8-15/h2-10,13,18H,11-12H2,1H3. The highest BCUT2D eigenvalue weighted by molar-refractivity contribution is 5.63. The van der Waals surface area contributed by atoms with Crippen LogP contribution in [0.4, 0.5) is 0 Å². The first kappa shape index (κ1) is 13.5.